The van der Waals surface area contributed by atoms with E-state index in [0.29, 0.717) is 28.6 Å². The summed E-state index contributed by atoms with van der Waals surface area (Å²) < 4.78 is 7.25. The zero-order valence-corrected chi connectivity index (χ0v) is 12.4. The Morgan fingerprint density at radius 2 is 2.00 bits per heavy atom. The van der Waals surface area contributed by atoms with Crippen molar-refractivity contribution in [3.05, 3.63) is 82.4 Å². The zero-order chi connectivity index (χ0) is 16.2. The Morgan fingerprint density at radius 1 is 1.13 bits per heavy atom. The third-order valence-electron chi connectivity index (χ3n) is 3.20. The SMILES string of the molecule is Cc1cc(C#N)cc(Oc2cccc(-n3ccccc3=O)c2)n1. The monoisotopic (exact) mass is 303 g/mol. The number of ether oxygens (including phenoxy) is 1. The summed E-state index contributed by atoms with van der Waals surface area (Å²) >= 11 is 0. The van der Waals surface area contributed by atoms with Gasteiger partial charge in [-0.2, -0.15) is 5.26 Å². The molecule has 3 aromatic rings. The standard InChI is InChI=1S/C18H13N3O2/c1-13-9-14(12-19)10-17(20-13)23-16-6-4-5-15(11-16)21-8-3-2-7-18(21)22/h2-11H,1H3. The molecule has 0 aliphatic rings. The molecule has 0 unspecified atom stereocenters. The van der Waals surface area contributed by atoms with E-state index < -0.39 is 0 Å². The van der Waals surface area contributed by atoms with E-state index in [-0.39, 0.29) is 5.56 Å². The van der Waals surface area contributed by atoms with Crippen LogP contribution < -0.4 is 10.3 Å². The fourth-order valence-electron chi connectivity index (χ4n) is 2.21. The van der Waals surface area contributed by atoms with Crippen molar-refractivity contribution < 1.29 is 4.74 Å². The van der Waals surface area contributed by atoms with E-state index in [9.17, 15) is 4.79 Å². The van der Waals surface area contributed by atoms with Gasteiger partial charge in [0.25, 0.3) is 5.56 Å². The fourth-order valence-corrected chi connectivity index (χ4v) is 2.21. The third-order valence-corrected chi connectivity index (χ3v) is 3.20. The normalized spacial score (nSPS) is 10.1. The number of pyridine rings is 2. The Hall–Kier alpha value is -3.39. The molecule has 0 N–H and O–H groups in total. The van der Waals surface area contributed by atoms with Gasteiger partial charge in [0.15, 0.2) is 0 Å². The van der Waals surface area contributed by atoms with Crippen molar-refractivity contribution in [1.82, 2.24) is 9.55 Å². The summed E-state index contributed by atoms with van der Waals surface area (Å²) in [5.74, 6) is 0.888. The highest BCUT2D eigenvalue weighted by molar-refractivity contribution is 5.42. The van der Waals surface area contributed by atoms with Gasteiger partial charge >= 0.3 is 0 Å². The molecule has 5 nitrogen and oxygen atoms in total. The van der Waals surface area contributed by atoms with Gasteiger partial charge < -0.3 is 4.74 Å². The number of nitriles is 1. The molecule has 2 heterocycles. The van der Waals surface area contributed by atoms with Crippen LogP contribution in [0.1, 0.15) is 11.3 Å². The number of benzene rings is 1. The van der Waals surface area contributed by atoms with E-state index in [1.54, 1.807) is 55.6 Å². The molecule has 112 valence electrons. The van der Waals surface area contributed by atoms with E-state index in [4.69, 9.17) is 10.00 Å². The highest BCUT2D eigenvalue weighted by atomic mass is 16.5. The Bertz CT molecular complexity index is 955. The fraction of sp³-hybridized carbons (Fsp3) is 0.0556. The van der Waals surface area contributed by atoms with E-state index in [1.807, 2.05) is 6.07 Å². The van der Waals surface area contributed by atoms with Gasteiger partial charge in [-0.1, -0.05) is 12.1 Å². The van der Waals surface area contributed by atoms with Gasteiger partial charge in [0.2, 0.25) is 5.88 Å². The Kier molecular flexibility index (Phi) is 3.89. The molecule has 1 aromatic carbocycles. The highest BCUT2D eigenvalue weighted by Gasteiger charge is 2.05. The molecule has 0 aliphatic heterocycles. The van der Waals surface area contributed by atoms with Gasteiger partial charge in [-0.15, -0.1) is 0 Å². The Balaban J connectivity index is 1.95. The van der Waals surface area contributed by atoms with Crippen LogP contribution in [0.25, 0.3) is 5.69 Å². The van der Waals surface area contributed by atoms with Crippen LogP contribution in [0.2, 0.25) is 0 Å². The molecule has 0 saturated carbocycles. The first kappa shape index (κ1) is 14.5. The minimum absolute atomic E-state index is 0.120. The summed E-state index contributed by atoms with van der Waals surface area (Å²) in [6.07, 6.45) is 1.69. The van der Waals surface area contributed by atoms with Crippen LogP contribution in [-0.2, 0) is 0 Å². The molecule has 2 aromatic heterocycles. The predicted octanol–water partition coefficient (Wildman–Crippen LogP) is 3.20. The first-order valence-corrected chi connectivity index (χ1v) is 7.00. The summed E-state index contributed by atoms with van der Waals surface area (Å²) in [4.78, 5) is 16.1. The van der Waals surface area contributed by atoms with Gasteiger partial charge in [-0.3, -0.25) is 9.36 Å². The van der Waals surface area contributed by atoms with Gasteiger partial charge in [-0.25, -0.2) is 4.98 Å². The van der Waals surface area contributed by atoms with Crippen LogP contribution in [0.5, 0.6) is 11.6 Å². The maximum atomic E-state index is 11.9. The van der Waals surface area contributed by atoms with Crippen LogP contribution in [0.4, 0.5) is 0 Å². The topological polar surface area (TPSA) is 67.9 Å². The van der Waals surface area contributed by atoms with Crippen LogP contribution >= 0.6 is 0 Å². The summed E-state index contributed by atoms with van der Waals surface area (Å²) in [6, 6.07) is 17.4. The van der Waals surface area contributed by atoms with Gasteiger partial charge in [0, 0.05) is 30.1 Å². The van der Waals surface area contributed by atoms with Crippen molar-refractivity contribution >= 4 is 0 Å². The lowest BCUT2D eigenvalue weighted by molar-refractivity contribution is 0.461. The van der Waals surface area contributed by atoms with Crippen molar-refractivity contribution in [3.63, 3.8) is 0 Å². The molecule has 0 saturated heterocycles. The molecule has 0 fully saturated rings. The van der Waals surface area contributed by atoms with E-state index in [2.05, 4.69) is 11.1 Å². The lowest BCUT2D eigenvalue weighted by atomic mass is 10.2. The second-order valence-electron chi connectivity index (χ2n) is 4.96. The molecule has 3 rings (SSSR count). The summed E-state index contributed by atoms with van der Waals surface area (Å²) in [6.45, 7) is 1.80. The second-order valence-corrected chi connectivity index (χ2v) is 4.96. The predicted molar refractivity (Wildman–Crippen MR) is 85.8 cm³/mol. The molecular weight excluding hydrogens is 290 g/mol. The second kappa shape index (κ2) is 6.16. The van der Waals surface area contributed by atoms with E-state index >= 15 is 0 Å². The maximum absolute atomic E-state index is 11.9. The molecule has 5 heteroatoms. The number of hydrogen-bond acceptors (Lipinski definition) is 4. The first-order valence-electron chi connectivity index (χ1n) is 7.00. The van der Waals surface area contributed by atoms with E-state index in [0.717, 1.165) is 0 Å². The third kappa shape index (κ3) is 3.27. The lowest BCUT2D eigenvalue weighted by Crippen LogP contribution is -2.15. The Labute approximate surface area is 133 Å². The maximum Gasteiger partial charge on any atom is 0.255 e. The van der Waals surface area contributed by atoms with Gasteiger partial charge in [0.05, 0.1) is 17.3 Å². The minimum Gasteiger partial charge on any atom is -0.439 e. The number of hydrogen-bond donors (Lipinski definition) is 0. The van der Waals surface area contributed by atoms with Crippen LogP contribution in [-0.4, -0.2) is 9.55 Å². The van der Waals surface area contributed by atoms with Gasteiger partial charge in [0.1, 0.15) is 5.75 Å². The molecule has 0 atom stereocenters. The average molecular weight is 303 g/mol. The number of aryl methyl sites for hydroxylation is 1. The first-order chi connectivity index (χ1) is 11.2. The molecule has 0 amide bonds. The molecular formula is C18H13N3O2. The van der Waals surface area contributed by atoms with Crippen molar-refractivity contribution in [2.75, 3.05) is 0 Å². The van der Waals surface area contributed by atoms with Crippen LogP contribution in [0.15, 0.2) is 65.6 Å². The quantitative estimate of drug-likeness (QED) is 0.745. The lowest BCUT2D eigenvalue weighted by Gasteiger charge is -2.09. The highest BCUT2D eigenvalue weighted by Crippen LogP contribution is 2.23. The summed E-state index contributed by atoms with van der Waals surface area (Å²) in [7, 11) is 0. The average Bonchev–Trinajstić information content (AvgIpc) is 2.55. The van der Waals surface area contributed by atoms with Crippen molar-refractivity contribution in [1.29, 1.82) is 5.26 Å². The number of aromatic nitrogens is 2. The molecule has 0 spiro atoms. The van der Waals surface area contributed by atoms with Crippen molar-refractivity contribution in [2.45, 2.75) is 6.92 Å². The zero-order valence-electron chi connectivity index (χ0n) is 12.4. The largest absolute Gasteiger partial charge is 0.439 e. The smallest absolute Gasteiger partial charge is 0.255 e. The van der Waals surface area contributed by atoms with Crippen molar-refractivity contribution in [2.24, 2.45) is 0 Å². The Morgan fingerprint density at radius 3 is 2.78 bits per heavy atom. The summed E-state index contributed by atoms with van der Waals surface area (Å²) in [5, 5.41) is 9.00. The van der Waals surface area contributed by atoms with Crippen LogP contribution in [0, 0.1) is 18.3 Å². The van der Waals surface area contributed by atoms with Crippen LogP contribution in [0.3, 0.4) is 0 Å². The summed E-state index contributed by atoms with van der Waals surface area (Å²) in [5.41, 5.74) is 1.77. The molecule has 23 heavy (non-hydrogen) atoms. The number of nitrogens with zero attached hydrogens (tertiary/aromatic N) is 3. The molecule has 0 bridgehead atoms. The molecule has 0 radical (unpaired) electrons. The minimum atomic E-state index is -0.120. The van der Waals surface area contributed by atoms with Gasteiger partial charge in [-0.05, 0) is 31.2 Å². The van der Waals surface area contributed by atoms with E-state index in [1.165, 1.54) is 10.6 Å². The number of rotatable bonds is 3. The molecule has 0 aliphatic carbocycles. The van der Waals surface area contributed by atoms with Crippen molar-refractivity contribution in [3.8, 4) is 23.4 Å².